The van der Waals surface area contributed by atoms with Crippen molar-refractivity contribution >= 4 is 22.7 Å². The number of hydrogen-bond acceptors (Lipinski definition) is 4. The van der Waals surface area contributed by atoms with Crippen LogP contribution in [0.15, 0.2) is 24.4 Å². The van der Waals surface area contributed by atoms with Crippen LogP contribution in [0.2, 0.25) is 0 Å². The lowest BCUT2D eigenvalue weighted by molar-refractivity contribution is -0.125. The molecule has 0 aliphatic heterocycles. The zero-order valence-electron chi connectivity index (χ0n) is 12.4. The number of ether oxygens (including phenoxy) is 1. The second-order valence-corrected chi connectivity index (χ2v) is 4.81. The van der Waals surface area contributed by atoms with E-state index in [1.807, 2.05) is 24.4 Å². The minimum Gasteiger partial charge on any atom is -0.497 e. The molecule has 22 heavy (non-hydrogen) atoms. The van der Waals surface area contributed by atoms with Crippen LogP contribution in [0, 0.1) is 0 Å². The summed E-state index contributed by atoms with van der Waals surface area (Å²) in [6.07, 6.45) is 2.61. The van der Waals surface area contributed by atoms with Gasteiger partial charge in [0.05, 0.1) is 20.2 Å². The predicted molar refractivity (Wildman–Crippen MR) is 83.6 cm³/mol. The normalized spacial score (nSPS) is 10.5. The Morgan fingerprint density at radius 3 is 2.82 bits per heavy atom. The number of H-pyrrole nitrogens is 1. The SMILES string of the molecule is COc1ccc2[nH]cc(CCNC(=O)CNC(=O)CN)c2c1. The number of aromatic amines is 1. The Hall–Kier alpha value is -2.54. The van der Waals surface area contributed by atoms with Crippen molar-refractivity contribution in [1.29, 1.82) is 0 Å². The lowest BCUT2D eigenvalue weighted by Crippen LogP contribution is -2.40. The Bertz CT molecular complexity index is 666. The van der Waals surface area contributed by atoms with Crippen molar-refractivity contribution < 1.29 is 14.3 Å². The summed E-state index contributed by atoms with van der Waals surface area (Å²) in [7, 11) is 1.63. The first-order valence-electron chi connectivity index (χ1n) is 7.01. The van der Waals surface area contributed by atoms with Crippen molar-refractivity contribution in [2.45, 2.75) is 6.42 Å². The van der Waals surface area contributed by atoms with Gasteiger partial charge in [0.2, 0.25) is 11.8 Å². The molecule has 0 atom stereocenters. The maximum absolute atomic E-state index is 11.6. The number of methoxy groups -OCH3 is 1. The highest BCUT2D eigenvalue weighted by atomic mass is 16.5. The van der Waals surface area contributed by atoms with E-state index in [1.165, 1.54) is 0 Å². The van der Waals surface area contributed by atoms with Crippen LogP contribution in [0.1, 0.15) is 5.56 Å². The van der Waals surface area contributed by atoms with Crippen molar-refractivity contribution in [2.75, 3.05) is 26.7 Å². The summed E-state index contributed by atoms with van der Waals surface area (Å²) in [5.74, 6) is 0.208. The van der Waals surface area contributed by atoms with Crippen molar-refractivity contribution in [3.63, 3.8) is 0 Å². The highest BCUT2D eigenvalue weighted by Crippen LogP contribution is 2.23. The van der Waals surface area contributed by atoms with Gasteiger partial charge in [-0.1, -0.05) is 0 Å². The summed E-state index contributed by atoms with van der Waals surface area (Å²) in [5.41, 5.74) is 7.26. The molecule has 0 aliphatic carbocycles. The zero-order chi connectivity index (χ0) is 15.9. The zero-order valence-corrected chi connectivity index (χ0v) is 12.4. The second kappa shape index (κ2) is 7.46. The molecule has 1 heterocycles. The molecule has 7 nitrogen and oxygen atoms in total. The standard InChI is InChI=1S/C15H20N4O3/c1-22-11-2-3-13-12(6-11)10(8-18-13)4-5-17-15(21)9-19-14(20)7-16/h2-3,6,8,18H,4-5,7,9,16H2,1H3,(H,17,21)(H,19,20). The third kappa shape index (κ3) is 3.98. The van der Waals surface area contributed by atoms with E-state index in [0.29, 0.717) is 13.0 Å². The summed E-state index contributed by atoms with van der Waals surface area (Å²) in [6.45, 7) is 0.309. The quantitative estimate of drug-likeness (QED) is 0.573. The average molecular weight is 304 g/mol. The van der Waals surface area contributed by atoms with Crippen LogP contribution in [-0.4, -0.2) is 43.5 Å². The monoisotopic (exact) mass is 304 g/mol. The molecule has 0 spiro atoms. The minimum absolute atomic E-state index is 0.0578. The van der Waals surface area contributed by atoms with E-state index < -0.39 is 0 Å². The van der Waals surface area contributed by atoms with E-state index >= 15 is 0 Å². The summed E-state index contributed by atoms with van der Waals surface area (Å²) in [6, 6.07) is 5.81. The van der Waals surface area contributed by atoms with Gasteiger partial charge in [-0.15, -0.1) is 0 Å². The fourth-order valence-electron chi connectivity index (χ4n) is 2.14. The van der Waals surface area contributed by atoms with Gasteiger partial charge < -0.3 is 26.1 Å². The van der Waals surface area contributed by atoms with Gasteiger partial charge in [-0.3, -0.25) is 9.59 Å². The molecular weight excluding hydrogens is 284 g/mol. The molecule has 5 N–H and O–H groups in total. The smallest absolute Gasteiger partial charge is 0.239 e. The van der Waals surface area contributed by atoms with Gasteiger partial charge in [0.15, 0.2) is 0 Å². The molecule has 0 aliphatic rings. The maximum Gasteiger partial charge on any atom is 0.239 e. The molecule has 2 amide bonds. The van der Waals surface area contributed by atoms with Crippen molar-refractivity contribution in [3.05, 3.63) is 30.0 Å². The molecule has 0 fully saturated rings. The van der Waals surface area contributed by atoms with E-state index in [9.17, 15) is 9.59 Å². The van der Waals surface area contributed by atoms with E-state index in [-0.39, 0.29) is 24.9 Å². The van der Waals surface area contributed by atoms with Crippen LogP contribution in [-0.2, 0) is 16.0 Å². The van der Waals surface area contributed by atoms with Gasteiger partial charge in [-0.25, -0.2) is 0 Å². The van der Waals surface area contributed by atoms with Gasteiger partial charge in [-0.2, -0.15) is 0 Å². The molecule has 0 saturated heterocycles. The third-order valence-electron chi connectivity index (χ3n) is 3.32. The number of hydrogen-bond donors (Lipinski definition) is 4. The Kier molecular flexibility index (Phi) is 5.37. The largest absolute Gasteiger partial charge is 0.497 e. The number of carbonyl (C=O) groups excluding carboxylic acids is 2. The van der Waals surface area contributed by atoms with Crippen LogP contribution in [0.3, 0.4) is 0 Å². The molecule has 118 valence electrons. The predicted octanol–water partition coefficient (Wildman–Crippen LogP) is -0.0899. The fourth-order valence-corrected chi connectivity index (χ4v) is 2.14. The van der Waals surface area contributed by atoms with Gasteiger partial charge in [0, 0.05) is 23.6 Å². The maximum atomic E-state index is 11.6. The number of rotatable bonds is 7. The number of nitrogens with one attached hydrogen (secondary N) is 3. The van der Waals surface area contributed by atoms with E-state index in [1.54, 1.807) is 7.11 Å². The van der Waals surface area contributed by atoms with Gasteiger partial charge in [0.1, 0.15) is 5.75 Å². The van der Waals surface area contributed by atoms with E-state index in [2.05, 4.69) is 15.6 Å². The molecule has 0 saturated carbocycles. The molecule has 1 aromatic heterocycles. The Labute approximate surface area is 128 Å². The van der Waals surface area contributed by atoms with Gasteiger partial charge in [0.25, 0.3) is 0 Å². The first-order chi connectivity index (χ1) is 10.6. The molecule has 7 heteroatoms. The Morgan fingerprint density at radius 2 is 2.09 bits per heavy atom. The molecule has 0 radical (unpaired) electrons. The molecular formula is C15H20N4O3. The Morgan fingerprint density at radius 1 is 1.27 bits per heavy atom. The molecule has 0 unspecified atom stereocenters. The topological polar surface area (TPSA) is 109 Å². The van der Waals surface area contributed by atoms with Crippen LogP contribution in [0.25, 0.3) is 10.9 Å². The van der Waals surface area contributed by atoms with Crippen LogP contribution >= 0.6 is 0 Å². The van der Waals surface area contributed by atoms with Crippen LogP contribution in [0.5, 0.6) is 5.75 Å². The molecule has 2 aromatic rings. The number of aromatic nitrogens is 1. The summed E-state index contributed by atoms with van der Waals surface area (Å²) in [5, 5.41) is 6.25. The van der Waals surface area contributed by atoms with E-state index in [4.69, 9.17) is 10.5 Å². The molecule has 1 aromatic carbocycles. The van der Waals surface area contributed by atoms with Crippen LogP contribution < -0.4 is 21.1 Å². The average Bonchev–Trinajstić information content (AvgIpc) is 2.94. The summed E-state index contributed by atoms with van der Waals surface area (Å²) in [4.78, 5) is 25.7. The minimum atomic E-state index is -0.348. The molecule has 2 rings (SSSR count). The number of benzene rings is 1. The van der Waals surface area contributed by atoms with Gasteiger partial charge in [-0.05, 0) is 30.2 Å². The van der Waals surface area contributed by atoms with Crippen molar-refractivity contribution in [2.24, 2.45) is 5.73 Å². The lowest BCUT2D eigenvalue weighted by Gasteiger charge is -2.06. The summed E-state index contributed by atoms with van der Waals surface area (Å²) >= 11 is 0. The van der Waals surface area contributed by atoms with Crippen LogP contribution in [0.4, 0.5) is 0 Å². The van der Waals surface area contributed by atoms with Crippen molar-refractivity contribution in [1.82, 2.24) is 15.6 Å². The summed E-state index contributed by atoms with van der Waals surface area (Å²) < 4.78 is 5.22. The molecule has 0 bridgehead atoms. The first kappa shape index (κ1) is 15.8. The van der Waals surface area contributed by atoms with Crippen molar-refractivity contribution in [3.8, 4) is 5.75 Å². The number of carbonyl (C=O) groups is 2. The first-order valence-corrected chi connectivity index (χ1v) is 7.01. The third-order valence-corrected chi connectivity index (χ3v) is 3.32. The number of nitrogens with two attached hydrogens (primary N) is 1. The lowest BCUT2D eigenvalue weighted by atomic mass is 10.1. The highest BCUT2D eigenvalue weighted by molar-refractivity contribution is 5.86. The fraction of sp³-hybridized carbons (Fsp3) is 0.333. The number of amides is 2. The van der Waals surface area contributed by atoms with E-state index in [0.717, 1.165) is 22.2 Å². The Balaban J connectivity index is 1.87. The number of fused-ring (bicyclic) bond motifs is 1. The van der Waals surface area contributed by atoms with Gasteiger partial charge >= 0.3 is 0 Å². The highest BCUT2D eigenvalue weighted by Gasteiger charge is 2.07. The second-order valence-electron chi connectivity index (χ2n) is 4.81.